The van der Waals surface area contributed by atoms with Crippen LogP contribution in [0.25, 0.3) is 0 Å². The minimum Gasteiger partial charge on any atom is -0.353 e. The molecule has 0 aliphatic heterocycles. The summed E-state index contributed by atoms with van der Waals surface area (Å²) >= 11 is 3.40. The number of hydrogen-bond acceptors (Lipinski definition) is 2. The first kappa shape index (κ1) is 20.9. The minimum absolute atomic E-state index is 0. The van der Waals surface area contributed by atoms with Crippen LogP contribution in [0, 0.1) is 0 Å². The van der Waals surface area contributed by atoms with Gasteiger partial charge in [0.1, 0.15) is 0 Å². The maximum atomic E-state index is 11.6. The van der Waals surface area contributed by atoms with Gasteiger partial charge in [-0.25, -0.2) is 4.99 Å². The summed E-state index contributed by atoms with van der Waals surface area (Å²) in [7, 11) is 3.44. The van der Waals surface area contributed by atoms with Gasteiger partial charge in [0.15, 0.2) is 5.96 Å². The summed E-state index contributed by atoms with van der Waals surface area (Å²) in [6.45, 7) is 4.99. The third-order valence-electron chi connectivity index (χ3n) is 2.65. The molecule has 0 saturated carbocycles. The van der Waals surface area contributed by atoms with Crippen molar-refractivity contribution in [2.24, 2.45) is 4.99 Å². The number of rotatable bonds is 6. The zero-order valence-corrected chi connectivity index (χ0v) is 16.7. The fraction of sp³-hybridized carbons (Fsp3) is 0.333. The van der Waals surface area contributed by atoms with E-state index in [-0.39, 0.29) is 36.4 Å². The van der Waals surface area contributed by atoms with Crippen molar-refractivity contribution in [3.05, 3.63) is 47.0 Å². The number of nitrogens with one attached hydrogen (secondary N) is 2. The van der Waals surface area contributed by atoms with Crippen molar-refractivity contribution in [3.8, 4) is 0 Å². The molecule has 0 heterocycles. The second-order valence-corrected chi connectivity index (χ2v) is 5.52. The molecule has 0 aliphatic rings. The van der Waals surface area contributed by atoms with Crippen LogP contribution in [0.15, 0.2) is 46.4 Å². The Hall–Kier alpha value is -1.09. The Bertz CT molecular complexity index is 503. The van der Waals surface area contributed by atoms with Gasteiger partial charge >= 0.3 is 0 Å². The molecule has 1 aromatic rings. The molecular weight excluding hydrogens is 459 g/mol. The maximum absolute atomic E-state index is 11.6. The van der Waals surface area contributed by atoms with Crippen molar-refractivity contribution < 1.29 is 4.79 Å². The summed E-state index contributed by atoms with van der Waals surface area (Å²) in [6.07, 6.45) is 1.74. The molecule has 0 bridgehead atoms. The number of benzene rings is 1. The van der Waals surface area contributed by atoms with Crippen molar-refractivity contribution in [2.75, 3.05) is 27.2 Å². The van der Waals surface area contributed by atoms with Crippen LogP contribution in [0.2, 0.25) is 0 Å². The van der Waals surface area contributed by atoms with Crippen molar-refractivity contribution >= 4 is 51.8 Å². The normalized spacial score (nSPS) is 10.4. The number of hydrogen-bond donors (Lipinski definition) is 2. The topological polar surface area (TPSA) is 56.7 Å². The fourth-order valence-corrected chi connectivity index (χ4v) is 1.69. The highest BCUT2D eigenvalue weighted by molar-refractivity contribution is 14.0. The van der Waals surface area contributed by atoms with E-state index in [1.807, 2.05) is 24.3 Å². The van der Waals surface area contributed by atoms with Gasteiger partial charge in [-0.1, -0.05) is 34.1 Å². The molecule has 0 spiro atoms. The van der Waals surface area contributed by atoms with Gasteiger partial charge in [0.25, 0.3) is 0 Å². The molecule has 0 fully saturated rings. The molecule has 0 saturated heterocycles. The van der Waals surface area contributed by atoms with Crippen LogP contribution < -0.4 is 10.6 Å². The van der Waals surface area contributed by atoms with E-state index in [0.29, 0.717) is 19.0 Å². The second kappa shape index (κ2) is 11.5. The van der Waals surface area contributed by atoms with E-state index >= 15 is 0 Å². The van der Waals surface area contributed by atoms with Gasteiger partial charge in [0.2, 0.25) is 5.91 Å². The van der Waals surface area contributed by atoms with E-state index in [1.54, 1.807) is 20.2 Å². The Kier molecular flexibility index (Phi) is 10.9. The summed E-state index contributed by atoms with van der Waals surface area (Å²) in [5.74, 6) is 0.583. The lowest BCUT2D eigenvalue weighted by Gasteiger charge is -2.14. The molecule has 0 unspecified atom stereocenters. The van der Waals surface area contributed by atoms with Gasteiger partial charge < -0.3 is 15.5 Å². The van der Waals surface area contributed by atoms with E-state index in [2.05, 4.69) is 38.1 Å². The van der Waals surface area contributed by atoms with Gasteiger partial charge in [-0.2, -0.15) is 0 Å². The number of guanidine groups is 1. The number of aliphatic imine (C=N–C) groups is 1. The van der Waals surface area contributed by atoms with E-state index in [4.69, 9.17) is 0 Å². The lowest BCUT2D eigenvalue weighted by Crippen LogP contribution is -2.43. The van der Waals surface area contributed by atoms with Crippen LogP contribution in [0.5, 0.6) is 0 Å². The van der Waals surface area contributed by atoms with Gasteiger partial charge in [-0.05, 0) is 17.7 Å². The molecule has 22 heavy (non-hydrogen) atoms. The SMILES string of the molecule is C=CCNC(=NCc1ccc(Br)cc1)NCC(=O)N(C)C.I. The highest BCUT2D eigenvalue weighted by atomic mass is 127. The standard InChI is InChI=1S/C15H21BrN4O.HI/c1-4-9-17-15(19-11-14(21)20(2)3)18-10-12-5-7-13(16)8-6-12;/h4-8H,1,9-11H2,2-3H3,(H2,17,18,19);1H. The maximum Gasteiger partial charge on any atom is 0.241 e. The fourth-order valence-electron chi connectivity index (χ4n) is 1.42. The highest BCUT2D eigenvalue weighted by Crippen LogP contribution is 2.10. The molecule has 7 heteroatoms. The number of carbonyl (C=O) groups excluding carboxylic acids is 1. The van der Waals surface area contributed by atoms with Gasteiger partial charge in [0, 0.05) is 25.1 Å². The zero-order valence-electron chi connectivity index (χ0n) is 12.8. The molecule has 1 aromatic carbocycles. The summed E-state index contributed by atoms with van der Waals surface area (Å²) in [5.41, 5.74) is 1.09. The van der Waals surface area contributed by atoms with Crippen LogP contribution in [-0.4, -0.2) is 44.0 Å². The van der Waals surface area contributed by atoms with Gasteiger partial charge in [0.05, 0.1) is 13.1 Å². The van der Waals surface area contributed by atoms with E-state index in [1.165, 1.54) is 4.90 Å². The van der Waals surface area contributed by atoms with E-state index in [9.17, 15) is 4.79 Å². The van der Waals surface area contributed by atoms with Crippen LogP contribution in [-0.2, 0) is 11.3 Å². The van der Waals surface area contributed by atoms with Gasteiger partial charge in [-0.15, -0.1) is 30.6 Å². The first-order valence-corrected chi connectivity index (χ1v) is 7.40. The van der Waals surface area contributed by atoms with Crippen LogP contribution in [0.3, 0.4) is 0 Å². The Morgan fingerprint density at radius 3 is 2.50 bits per heavy atom. The molecule has 1 amide bonds. The number of likely N-dealkylation sites (N-methyl/N-ethyl adjacent to an activating group) is 1. The first-order valence-electron chi connectivity index (χ1n) is 6.60. The van der Waals surface area contributed by atoms with Crippen molar-refractivity contribution in [1.29, 1.82) is 0 Å². The number of amides is 1. The third-order valence-corrected chi connectivity index (χ3v) is 3.18. The molecule has 1 rings (SSSR count). The minimum atomic E-state index is -0.00764. The Morgan fingerprint density at radius 1 is 1.32 bits per heavy atom. The number of carbonyl (C=O) groups is 1. The lowest BCUT2D eigenvalue weighted by molar-refractivity contribution is -0.127. The summed E-state index contributed by atoms with van der Waals surface area (Å²) in [6, 6.07) is 7.96. The quantitative estimate of drug-likeness (QED) is 0.284. The largest absolute Gasteiger partial charge is 0.353 e. The third kappa shape index (κ3) is 8.38. The molecule has 0 radical (unpaired) electrons. The zero-order chi connectivity index (χ0) is 15.7. The predicted octanol–water partition coefficient (Wildman–Crippen LogP) is 2.38. The van der Waals surface area contributed by atoms with E-state index < -0.39 is 0 Å². The summed E-state index contributed by atoms with van der Waals surface area (Å²) in [4.78, 5) is 17.6. The van der Waals surface area contributed by atoms with Crippen LogP contribution in [0.1, 0.15) is 5.56 Å². The van der Waals surface area contributed by atoms with Crippen LogP contribution in [0.4, 0.5) is 0 Å². The van der Waals surface area contributed by atoms with Crippen LogP contribution >= 0.6 is 39.9 Å². The highest BCUT2D eigenvalue weighted by Gasteiger charge is 2.05. The average molecular weight is 481 g/mol. The summed E-state index contributed by atoms with van der Waals surface area (Å²) < 4.78 is 1.04. The molecular formula is C15H22BrIN4O. The monoisotopic (exact) mass is 480 g/mol. The molecule has 0 aliphatic carbocycles. The van der Waals surface area contributed by atoms with Crippen molar-refractivity contribution in [2.45, 2.75) is 6.54 Å². The van der Waals surface area contributed by atoms with E-state index in [0.717, 1.165) is 10.0 Å². The molecule has 5 nitrogen and oxygen atoms in total. The number of nitrogens with zero attached hydrogens (tertiary/aromatic N) is 2. The summed E-state index contributed by atoms with van der Waals surface area (Å²) in [5, 5.41) is 6.09. The molecule has 0 aromatic heterocycles. The average Bonchev–Trinajstić information content (AvgIpc) is 2.47. The first-order chi connectivity index (χ1) is 10.0. The van der Waals surface area contributed by atoms with Crippen molar-refractivity contribution in [3.63, 3.8) is 0 Å². The number of halogens is 2. The Balaban J connectivity index is 0.00000441. The second-order valence-electron chi connectivity index (χ2n) is 4.60. The van der Waals surface area contributed by atoms with Gasteiger partial charge in [-0.3, -0.25) is 4.79 Å². The predicted molar refractivity (Wildman–Crippen MR) is 106 cm³/mol. The smallest absolute Gasteiger partial charge is 0.241 e. The molecule has 2 N–H and O–H groups in total. The van der Waals surface area contributed by atoms with Crippen molar-refractivity contribution in [1.82, 2.24) is 15.5 Å². The lowest BCUT2D eigenvalue weighted by atomic mass is 10.2. The Morgan fingerprint density at radius 2 is 1.95 bits per heavy atom. The molecule has 122 valence electrons. The molecule has 0 atom stereocenters. The Labute approximate surface area is 157 Å².